The third-order valence-corrected chi connectivity index (χ3v) is 3.64. The van der Waals surface area contributed by atoms with Crippen molar-refractivity contribution in [2.24, 2.45) is 0 Å². The van der Waals surface area contributed by atoms with Gasteiger partial charge in [0.2, 0.25) is 5.82 Å². The molecule has 118 valence electrons. The maximum Gasteiger partial charge on any atom is 0.200 e. The quantitative estimate of drug-likeness (QED) is 0.366. The SMILES string of the molecule is Fc1c(F)c(F)c(COc2cc(Cl)cc(Cl)c2Cl)c(F)c1F. The maximum absolute atomic E-state index is 13.5. The Labute approximate surface area is 136 Å². The first-order valence-corrected chi connectivity index (χ1v) is 6.65. The van der Waals surface area contributed by atoms with E-state index in [0.717, 1.165) is 0 Å². The van der Waals surface area contributed by atoms with Gasteiger partial charge in [-0.15, -0.1) is 0 Å². The molecule has 0 aliphatic heterocycles. The van der Waals surface area contributed by atoms with Crippen LogP contribution in [-0.2, 0) is 6.61 Å². The van der Waals surface area contributed by atoms with Crippen molar-refractivity contribution in [1.29, 1.82) is 0 Å². The first-order valence-electron chi connectivity index (χ1n) is 5.51. The maximum atomic E-state index is 13.5. The Morgan fingerprint density at radius 2 is 1.27 bits per heavy atom. The van der Waals surface area contributed by atoms with Crippen LogP contribution in [0.3, 0.4) is 0 Å². The first kappa shape index (κ1) is 17.1. The molecule has 0 amide bonds. The topological polar surface area (TPSA) is 9.23 Å². The van der Waals surface area contributed by atoms with Crippen molar-refractivity contribution >= 4 is 34.8 Å². The zero-order valence-corrected chi connectivity index (χ0v) is 12.6. The fourth-order valence-electron chi connectivity index (χ4n) is 1.56. The highest BCUT2D eigenvalue weighted by atomic mass is 35.5. The molecule has 2 aromatic carbocycles. The summed E-state index contributed by atoms with van der Waals surface area (Å²) in [6.07, 6.45) is 0. The van der Waals surface area contributed by atoms with Gasteiger partial charge >= 0.3 is 0 Å². The Balaban J connectivity index is 2.38. The summed E-state index contributed by atoms with van der Waals surface area (Å²) in [5, 5.41) is -0.00155. The smallest absolute Gasteiger partial charge is 0.200 e. The predicted octanol–water partition coefficient (Wildman–Crippen LogP) is 5.92. The average molecular weight is 378 g/mol. The minimum absolute atomic E-state index is 0.00146. The lowest BCUT2D eigenvalue weighted by Gasteiger charge is -2.12. The molecule has 0 heterocycles. The molecule has 0 N–H and O–H groups in total. The molecule has 0 saturated heterocycles. The van der Waals surface area contributed by atoms with Crippen LogP contribution in [0.5, 0.6) is 5.75 Å². The lowest BCUT2D eigenvalue weighted by atomic mass is 10.2. The van der Waals surface area contributed by atoms with Crippen molar-refractivity contribution in [3.8, 4) is 5.75 Å². The minimum Gasteiger partial charge on any atom is -0.487 e. The van der Waals surface area contributed by atoms with E-state index in [0.29, 0.717) is 0 Å². The zero-order chi connectivity index (χ0) is 16.6. The summed E-state index contributed by atoms with van der Waals surface area (Å²) >= 11 is 17.2. The normalized spacial score (nSPS) is 10.9. The standard InChI is InChI=1S/C13H4Cl3F5O/c14-4-1-6(15)8(16)7(2-4)22-3-5-9(17)11(19)13(21)12(20)10(5)18/h1-2H,3H2. The molecule has 0 spiro atoms. The van der Waals surface area contributed by atoms with Crippen LogP contribution < -0.4 is 4.74 Å². The second-order valence-corrected chi connectivity index (χ2v) is 5.26. The molecule has 2 rings (SSSR count). The highest BCUT2D eigenvalue weighted by molar-refractivity contribution is 6.44. The molecule has 0 aliphatic rings. The largest absolute Gasteiger partial charge is 0.487 e. The van der Waals surface area contributed by atoms with Crippen LogP contribution in [-0.4, -0.2) is 0 Å². The number of hydrogen-bond acceptors (Lipinski definition) is 1. The van der Waals surface area contributed by atoms with Crippen molar-refractivity contribution in [2.45, 2.75) is 6.61 Å². The van der Waals surface area contributed by atoms with Crippen LogP contribution in [0, 0.1) is 29.1 Å². The van der Waals surface area contributed by atoms with E-state index in [9.17, 15) is 22.0 Å². The Bertz CT molecular complexity index is 722. The summed E-state index contributed by atoms with van der Waals surface area (Å²) in [5.41, 5.74) is -1.14. The molecule has 1 nitrogen and oxygen atoms in total. The van der Waals surface area contributed by atoms with E-state index < -0.39 is 41.3 Å². The number of hydrogen-bond donors (Lipinski definition) is 0. The fraction of sp³-hybridized carbons (Fsp3) is 0.0769. The summed E-state index contributed by atoms with van der Waals surface area (Å²) < 4.78 is 70.9. The monoisotopic (exact) mass is 376 g/mol. The van der Waals surface area contributed by atoms with Crippen molar-refractivity contribution in [3.05, 3.63) is 61.9 Å². The highest BCUT2D eigenvalue weighted by Crippen LogP contribution is 2.36. The molecule has 0 aliphatic carbocycles. The highest BCUT2D eigenvalue weighted by Gasteiger charge is 2.26. The molecular weight excluding hydrogens is 373 g/mol. The lowest BCUT2D eigenvalue weighted by Crippen LogP contribution is -2.10. The van der Waals surface area contributed by atoms with Crippen LogP contribution in [0.2, 0.25) is 15.1 Å². The molecule has 0 radical (unpaired) electrons. The molecular formula is C13H4Cl3F5O. The average Bonchev–Trinajstić information content (AvgIpc) is 2.47. The van der Waals surface area contributed by atoms with E-state index in [1.54, 1.807) is 0 Å². The Hall–Kier alpha value is -1.24. The molecule has 0 fully saturated rings. The van der Waals surface area contributed by atoms with Crippen LogP contribution in [0.15, 0.2) is 12.1 Å². The van der Waals surface area contributed by atoms with Gasteiger partial charge in [0, 0.05) is 11.1 Å². The van der Waals surface area contributed by atoms with Crippen LogP contribution in [0.1, 0.15) is 5.56 Å². The molecule has 0 unspecified atom stereocenters. The summed E-state index contributed by atoms with van der Waals surface area (Å²) in [5.74, 6) is -10.5. The molecule has 9 heteroatoms. The van der Waals surface area contributed by atoms with Gasteiger partial charge in [-0.25, -0.2) is 22.0 Å². The van der Waals surface area contributed by atoms with Gasteiger partial charge in [-0.05, 0) is 6.07 Å². The van der Waals surface area contributed by atoms with Crippen molar-refractivity contribution in [3.63, 3.8) is 0 Å². The van der Waals surface area contributed by atoms with Crippen LogP contribution in [0.4, 0.5) is 22.0 Å². The van der Waals surface area contributed by atoms with Gasteiger partial charge < -0.3 is 4.74 Å². The minimum atomic E-state index is -2.25. The van der Waals surface area contributed by atoms with Gasteiger partial charge in [0.05, 0.1) is 10.6 Å². The summed E-state index contributed by atoms with van der Waals surface area (Å²) in [6, 6.07) is 2.47. The van der Waals surface area contributed by atoms with E-state index in [-0.39, 0.29) is 20.8 Å². The predicted molar refractivity (Wildman–Crippen MR) is 72.0 cm³/mol. The summed E-state index contributed by atoms with van der Waals surface area (Å²) in [7, 11) is 0. The van der Waals surface area contributed by atoms with E-state index in [4.69, 9.17) is 39.5 Å². The number of ether oxygens (including phenoxy) is 1. The number of benzene rings is 2. The first-order chi connectivity index (χ1) is 10.2. The van der Waals surface area contributed by atoms with Gasteiger partial charge in [-0.1, -0.05) is 34.8 Å². The van der Waals surface area contributed by atoms with E-state index in [1.165, 1.54) is 12.1 Å². The van der Waals surface area contributed by atoms with E-state index in [2.05, 4.69) is 0 Å². The second kappa shape index (κ2) is 6.48. The van der Waals surface area contributed by atoms with E-state index in [1.807, 2.05) is 0 Å². The molecule has 2 aromatic rings. The van der Waals surface area contributed by atoms with Gasteiger partial charge in [-0.2, -0.15) is 0 Å². The second-order valence-electron chi connectivity index (χ2n) is 4.04. The van der Waals surface area contributed by atoms with Gasteiger partial charge in [-0.3, -0.25) is 0 Å². The van der Waals surface area contributed by atoms with Gasteiger partial charge in [0.15, 0.2) is 23.3 Å². The van der Waals surface area contributed by atoms with Crippen LogP contribution >= 0.6 is 34.8 Å². The third-order valence-electron chi connectivity index (χ3n) is 2.63. The van der Waals surface area contributed by atoms with Crippen molar-refractivity contribution in [1.82, 2.24) is 0 Å². The zero-order valence-electron chi connectivity index (χ0n) is 10.3. The molecule has 0 saturated carbocycles. The van der Waals surface area contributed by atoms with E-state index >= 15 is 0 Å². The number of halogens is 8. The van der Waals surface area contributed by atoms with Gasteiger partial charge in [0.25, 0.3) is 0 Å². The van der Waals surface area contributed by atoms with Crippen molar-refractivity contribution in [2.75, 3.05) is 0 Å². The molecule has 0 bridgehead atoms. The molecule has 22 heavy (non-hydrogen) atoms. The summed E-state index contributed by atoms with van der Waals surface area (Å²) in [4.78, 5) is 0. The van der Waals surface area contributed by atoms with Crippen molar-refractivity contribution < 1.29 is 26.7 Å². The number of rotatable bonds is 3. The van der Waals surface area contributed by atoms with Gasteiger partial charge in [0.1, 0.15) is 17.4 Å². The Kier molecular flexibility index (Phi) is 5.04. The van der Waals surface area contributed by atoms with Crippen LogP contribution in [0.25, 0.3) is 0 Å². The molecule has 0 atom stereocenters. The lowest BCUT2D eigenvalue weighted by molar-refractivity contribution is 0.279. The Morgan fingerprint density at radius 1 is 0.773 bits per heavy atom. The fourth-order valence-corrected chi connectivity index (χ4v) is 2.20. The third kappa shape index (κ3) is 3.09. The Morgan fingerprint density at radius 3 is 1.82 bits per heavy atom. The summed E-state index contributed by atoms with van der Waals surface area (Å²) in [6.45, 7) is -0.956. The molecule has 0 aromatic heterocycles.